The van der Waals surface area contributed by atoms with Gasteiger partial charge < -0.3 is 14.8 Å². The van der Waals surface area contributed by atoms with E-state index < -0.39 is 0 Å². The normalized spacial score (nSPS) is 13.6. The molecule has 0 radical (unpaired) electrons. The van der Waals surface area contributed by atoms with E-state index in [2.05, 4.69) is 16.3 Å². The van der Waals surface area contributed by atoms with Crippen LogP contribution in [0.3, 0.4) is 0 Å². The quantitative estimate of drug-likeness (QED) is 0.890. The van der Waals surface area contributed by atoms with Crippen LogP contribution in [0.4, 0.5) is 5.00 Å². The van der Waals surface area contributed by atoms with Gasteiger partial charge in [-0.15, -0.1) is 11.3 Å². The van der Waals surface area contributed by atoms with Crippen LogP contribution < -0.4 is 14.8 Å². The van der Waals surface area contributed by atoms with E-state index in [1.54, 1.807) is 25.7 Å². The third-order valence-electron chi connectivity index (χ3n) is 4.20. The highest BCUT2D eigenvalue weighted by atomic mass is 32.1. The van der Waals surface area contributed by atoms with E-state index in [0.29, 0.717) is 22.9 Å². The van der Waals surface area contributed by atoms with Crippen LogP contribution in [-0.2, 0) is 17.8 Å². The van der Waals surface area contributed by atoms with Crippen molar-refractivity contribution in [3.05, 3.63) is 40.3 Å². The average Bonchev–Trinajstić information content (AvgIpc) is 3.07. The number of benzene rings is 1. The number of anilines is 1. The van der Waals surface area contributed by atoms with E-state index >= 15 is 0 Å². The Morgan fingerprint density at radius 3 is 2.72 bits per heavy atom. The average molecular weight is 357 g/mol. The maximum atomic E-state index is 12.3. The Labute approximate surface area is 150 Å². The SMILES string of the molecule is COc1cc2c(cc1OC)CN(CC(=O)Nc1sccc1C#N)CC2. The zero-order valence-corrected chi connectivity index (χ0v) is 15.0. The van der Waals surface area contributed by atoms with Gasteiger partial charge in [0.05, 0.1) is 26.3 Å². The largest absolute Gasteiger partial charge is 0.493 e. The molecule has 7 heteroatoms. The van der Waals surface area contributed by atoms with Crippen LogP contribution in [-0.4, -0.2) is 38.1 Å². The van der Waals surface area contributed by atoms with Gasteiger partial charge >= 0.3 is 0 Å². The smallest absolute Gasteiger partial charge is 0.239 e. The molecule has 1 amide bonds. The molecule has 0 saturated heterocycles. The lowest BCUT2D eigenvalue weighted by atomic mass is 9.99. The van der Waals surface area contributed by atoms with Crippen molar-refractivity contribution in [1.29, 1.82) is 5.26 Å². The summed E-state index contributed by atoms with van der Waals surface area (Å²) in [5.41, 5.74) is 2.86. The first kappa shape index (κ1) is 17.3. The predicted octanol–water partition coefficient (Wildman–Crippen LogP) is 2.63. The van der Waals surface area contributed by atoms with E-state index in [1.807, 2.05) is 12.1 Å². The first-order valence-corrected chi connectivity index (χ1v) is 8.76. The number of rotatable bonds is 5. The van der Waals surface area contributed by atoms with Crippen LogP contribution in [0.15, 0.2) is 23.6 Å². The van der Waals surface area contributed by atoms with Crippen molar-refractivity contribution >= 4 is 22.2 Å². The van der Waals surface area contributed by atoms with Crippen molar-refractivity contribution in [3.8, 4) is 17.6 Å². The summed E-state index contributed by atoms with van der Waals surface area (Å²) in [6.07, 6.45) is 0.853. The zero-order chi connectivity index (χ0) is 17.8. The molecule has 0 fully saturated rings. The molecule has 1 aliphatic rings. The van der Waals surface area contributed by atoms with Gasteiger partial charge in [0, 0.05) is 13.1 Å². The highest BCUT2D eigenvalue weighted by Crippen LogP contribution is 2.33. The number of ether oxygens (including phenoxy) is 2. The van der Waals surface area contributed by atoms with Gasteiger partial charge in [-0.1, -0.05) is 0 Å². The number of hydrogen-bond donors (Lipinski definition) is 1. The summed E-state index contributed by atoms with van der Waals surface area (Å²) < 4.78 is 10.7. The summed E-state index contributed by atoms with van der Waals surface area (Å²) in [6.45, 7) is 1.76. The number of thiophene rings is 1. The fraction of sp³-hybridized carbons (Fsp3) is 0.333. The van der Waals surface area contributed by atoms with Gasteiger partial charge in [-0.3, -0.25) is 9.69 Å². The second-order valence-corrected chi connectivity index (χ2v) is 6.68. The molecule has 25 heavy (non-hydrogen) atoms. The van der Waals surface area contributed by atoms with E-state index in [-0.39, 0.29) is 12.5 Å². The molecule has 0 spiro atoms. The molecule has 0 atom stereocenters. The van der Waals surface area contributed by atoms with Gasteiger partial charge in [0.2, 0.25) is 5.91 Å². The van der Waals surface area contributed by atoms with Gasteiger partial charge in [0.25, 0.3) is 0 Å². The lowest BCUT2D eigenvalue weighted by Gasteiger charge is -2.28. The number of methoxy groups -OCH3 is 2. The fourth-order valence-electron chi connectivity index (χ4n) is 2.94. The Hall–Kier alpha value is -2.56. The van der Waals surface area contributed by atoms with E-state index in [0.717, 1.165) is 24.3 Å². The highest BCUT2D eigenvalue weighted by Gasteiger charge is 2.21. The molecule has 1 N–H and O–H groups in total. The molecule has 0 unspecified atom stereocenters. The number of hydrogen-bond acceptors (Lipinski definition) is 6. The van der Waals surface area contributed by atoms with Crippen molar-refractivity contribution < 1.29 is 14.3 Å². The predicted molar refractivity (Wildman–Crippen MR) is 96.2 cm³/mol. The van der Waals surface area contributed by atoms with Crippen molar-refractivity contribution in [2.24, 2.45) is 0 Å². The zero-order valence-electron chi connectivity index (χ0n) is 14.2. The number of nitrogens with one attached hydrogen (secondary N) is 1. The number of carbonyl (C=O) groups excluding carboxylic acids is 1. The molecular weight excluding hydrogens is 338 g/mol. The molecular formula is C18H19N3O3S. The van der Waals surface area contributed by atoms with Gasteiger partial charge in [-0.25, -0.2) is 0 Å². The second-order valence-electron chi connectivity index (χ2n) is 5.76. The van der Waals surface area contributed by atoms with Crippen molar-refractivity contribution in [3.63, 3.8) is 0 Å². The minimum atomic E-state index is -0.108. The molecule has 130 valence electrons. The third kappa shape index (κ3) is 3.76. The molecule has 0 aliphatic carbocycles. The monoisotopic (exact) mass is 357 g/mol. The van der Waals surface area contributed by atoms with Crippen LogP contribution >= 0.6 is 11.3 Å². The van der Waals surface area contributed by atoms with Crippen molar-refractivity contribution in [1.82, 2.24) is 4.90 Å². The van der Waals surface area contributed by atoms with E-state index in [1.165, 1.54) is 16.9 Å². The molecule has 0 saturated carbocycles. The molecule has 0 bridgehead atoms. The van der Waals surface area contributed by atoms with E-state index in [4.69, 9.17) is 14.7 Å². The summed E-state index contributed by atoms with van der Waals surface area (Å²) in [6, 6.07) is 7.77. The molecule has 1 aliphatic heterocycles. The maximum absolute atomic E-state index is 12.3. The summed E-state index contributed by atoms with van der Waals surface area (Å²) in [5, 5.41) is 14.2. The van der Waals surface area contributed by atoms with Crippen LogP contribution in [0, 0.1) is 11.3 Å². The Bertz CT molecular complexity index is 825. The molecule has 2 heterocycles. The lowest BCUT2D eigenvalue weighted by molar-refractivity contribution is -0.117. The first-order chi connectivity index (χ1) is 12.1. The Kier molecular flexibility index (Phi) is 5.22. The first-order valence-electron chi connectivity index (χ1n) is 7.88. The standard InChI is InChI=1S/C18H19N3O3S/c1-23-15-7-12-3-5-21(10-14(12)8-16(15)24-2)11-17(22)20-18-13(9-19)4-6-25-18/h4,6-8H,3,5,10-11H2,1-2H3,(H,20,22). The minimum absolute atomic E-state index is 0.108. The Balaban J connectivity index is 1.66. The topological polar surface area (TPSA) is 74.6 Å². The summed E-state index contributed by atoms with van der Waals surface area (Å²) in [5.74, 6) is 1.32. The summed E-state index contributed by atoms with van der Waals surface area (Å²) >= 11 is 1.36. The van der Waals surface area contributed by atoms with Gasteiger partial charge in [0.15, 0.2) is 11.5 Å². The molecule has 1 aromatic carbocycles. The number of carbonyl (C=O) groups is 1. The Morgan fingerprint density at radius 2 is 2.04 bits per heavy atom. The molecule has 2 aromatic rings. The van der Waals surface area contributed by atoms with Crippen LogP contribution in [0.1, 0.15) is 16.7 Å². The number of nitriles is 1. The maximum Gasteiger partial charge on any atom is 0.239 e. The van der Waals surface area contributed by atoms with Gasteiger partial charge in [-0.05, 0) is 41.1 Å². The molecule has 3 rings (SSSR count). The van der Waals surface area contributed by atoms with Crippen LogP contribution in [0.5, 0.6) is 11.5 Å². The van der Waals surface area contributed by atoms with Crippen molar-refractivity contribution in [2.75, 3.05) is 32.6 Å². The lowest BCUT2D eigenvalue weighted by Crippen LogP contribution is -2.37. The van der Waals surface area contributed by atoms with E-state index in [9.17, 15) is 4.79 Å². The number of nitrogens with zero attached hydrogens (tertiary/aromatic N) is 2. The second kappa shape index (κ2) is 7.55. The highest BCUT2D eigenvalue weighted by molar-refractivity contribution is 7.14. The Morgan fingerprint density at radius 1 is 1.32 bits per heavy atom. The van der Waals surface area contributed by atoms with Crippen LogP contribution in [0.25, 0.3) is 0 Å². The molecule has 6 nitrogen and oxygen atoms in total. The summed E-state index contributed by atoms with van der Waals surface area (Å²) in [4.78, 5) is 14.4. The minimum Gasteiger partial charge on any atom is -0.493 e. The summed E-state index contributed by atoms with van der Waals surface area (Å²) in [7, 11) is 3.25. The number of amides is 1. The molecule has 1 aromatic heterocycles. The number of fused-ring (bicyclic) bond motifs is 1. The van der Waals surface area contributed by atoms with Gasteiger partial charge in [0.1, 0.15) is 11.1 Å². The van der Waals surface area contributed by atoms with Gasteiger partial charge in [-0.2, -0.15) is 5.26 Å². The van der Waals surface area contributed by atoms with Crippen molar-refractivity contribution in [2.45, 2.75) is 13.0 Å². The fourth-order valence-corrected chi connectivity index (χ4v) is 3.69. The third-order valence-corrected chi connectivity index (χ3v) is 5.03. The van der Waals surface area contributed by atoms with Crippen LogP contribution in [0.2, 0.25) is 0 Å².